The van der Waals surface area contributed by atoms with E-state index in [9.17, 15) is 4.79 Å². The van der Waals surface area contributed by atoms with Crippen LogP contribution in [0.3, 0.4) is 0 Å². The average molecular weight is 205 g/mol. The molecular weight excluding hydrogens is 190 g/mol. The van der Waals surface area contributed by atoms with Crippen LogP contribution >= 0.6 is 0 Å². The average Bonchev–Trinajstić information content (AvgIpc) is 2.63. The molecule has 80 valence electrons. The van der Waals surface area contributed by atoms with Gasteiger partial charge in [-0.2, -0.15) is 0 Å². The van der Waals surface area contributed by atoms with E-state index in [1.807, 2.05) is 18.2 Å². The Balaban J connectivity index is 2.07. The predicted octanol–water partition coefficient (Wildman–Crippen LogP) is 1.78. The molecule has 0 heterocycles. The fraction of sp³-hybridized carbons (Fsp3) is 0.417. The Morgan fingerprint density at radius 3 is 2.80 bits per heavy atom. The lowest BCUT2D eigenvalue weighted by Gasteiger charge is -2.21. The van der Waals surface area contributed by atoms with E-state index in [0.717, 1.165) is 19.3 Å². The van der Waals surface area contributed by atoms with Crippen LogP contribution in [0, 0.1) is 0 Å². The van der Waals surface area contributed by atoms with Crippen LogP contribution in [0.4, 0.5) is 0 Å². The van der Waals surface area contributed by atoms with Crippen molar-refractivity contribution in [2.45, 2.75) is 30.9 Å². The number of nitrogens with two attached hydrogens (primary N) is 1. The fourth-order valence-electron chi connectivity index (χ4n) is 2.25. The summed E-state index contributed by atoms with van der Waals surface area (Å²) in [6.07, 6.45) is 2.44. The molecule has 0 saturated heterocycles. The topological polar surface area (TPSA) is 52.3 Å². The first kappa shape index (κ1) is 10.2. The highest BCUT2D eigenvalue weighted by atomic mass is 16.5. The lowest BCUT2D eigenvalue weighted by atomic mass is 9.97. The highest BCUT2D eigenvalue weighted by Crippen LogP contribution is 2.39. The molecule has 3 heteroatoms. The zero-order chi connectivity index (χ0) is 10.7. The Labute approximate surface area is 89.2 Å². The summed E-state index contributed by atoms with van der Waals surface area (Å²) in [6.45, 7) is 0.452. The van der Waals surface area contributed by atoms with Crippen LogP contribution in [-0.4, -0.2) is 12.2 Å². The van der Waals surface area contributed by atoms with E-state index < -0.39 is 5.72 Å². The van der Waals surface area contributed by atoms with E-state index in [0.29, 0.717) is 12.4 Å². The molecule has 1 aliphatic rings. The molecule has 2 N–H and O–H groups in total. The first-order valence-corrected chi connectivity index (χ1v) is 5.19. The van der Waals surface area contributed by atoms with Crippen molar-refractivity contribution in [3.8, 4) is 0 Å². The minimum atomic E-state index is -0.748. The first-order chi connectivity index (χ1) is 7.23. The maximum absolute atomic E-state index is 10.3. The molecule has 2 rings (SSSR count). The third kappa shape index (κ3) is 2.18. The van der Waals surface area contributed by atoms with Crippen molar-refractivity contribution in [2.24, 2.45) is 5.73 Å². The van der Waals surface area contributed by atoms with Gasteiger partial charge in [-0.05, 0) is 17.9 Å². The fourth-order valence-corrected chi connectivity index (χ4v) is 2.25. The van der Waals surface area contributed by atoms with Crippen LogP contribution in [0.1, 0.15) is 30.7 Å². The summed E-state index contributed by atoms with van der Waals surface area (Å²) in [6, 6.07) is 10.2. The van der Waals surface area contributed by atoms with Crippen LogP contribution in [0.15, 0.2) is 30.3 Å². The van der Waals surface area contributed by atoms with E-state index in [1.165, 1.54) is 5.56 Å². The van der Waals surface area contributed by atoms with Crippen molar-refractivity contribution in [1.82, 2.24) is 0 Å². The van der Waals surface area contributed by atoms with Crippen molar-refractivity contribution in [3.05, 3.63) is 35.9 Å². The molecular formula is C12H15NO2. The van der Waals surface area contributed by atoms with Gasteiger partial charge < -0.3 is 4.74 Å². The maximum Gasteiger partial charge on any atom is 0.294 e. The molecule has 3 nitrogen and oxygen atoms in total. The van der Waals surface area contributed by atoms with Gasteiger partial charge >= 0.3 is 0 Å². The number of carbonyl (C=O) groups is 1. The smallest absolute Gasteiger partial charge is 0.294 e. The third-order valence-corrected chi connectivity index (χ3v) is 3.06. The second-order valence-corrected chi connectivity index (χ2v) is 4.13. The van der Waals surface area contributed by atoms with Crippen molar-refractivity contribution in [1.29, 1.82) is 0 Å². The van der Waals surface area contributed by atoms with Crippen LogP contribution in [0.5, 0.6) is 0 Å². The number of ether oxygens (including phenoxy) is 1. The molecule has 0 amide bonds. The molecule has 15 heavy (non-hydrogen) atoms. The van der Waals surface area contributed by atoms with Gasteiger partial charge in [-0.25, -0.2) is 0 Å². The Morgan fingerprint density at radius 2 is 2.13 bits per heavy atom. The van der Waals surface area contributed by atoms with Gasteiger partial charge in [0, 0.05) is 12.8 Å². The Morgan fingerprint density at radius 1 is 1.40 bits per heavy atom. The number of hydrogen-bond donors (Lipinski definition) is 1. The molecule has 0 aromatic heterocycles. The molecule has 1 fully saturated rings. The summed E-state index contributed by atoms with van der Waals surface area (Å²) in [5.41, 5.74) is 6.47. The monoisotopic (exact) mass is 205 g/mol. The van der Waals surface area contributed by atoms with Crippen molar-refractivity contribution >= 4 is 6.47 Å². The number of carbonyl (C=O) groups excluding carboxylic acids is 1. The van der Waals surface area contributed by atoms with Gasteiger partial charge in [-0.15, -0.1) is 0 Å². The molecule has 0 bridgehead atoms. The lowest BCUT2D eigenvalue weighted by Crippen LogP contribution is -2.39. The lowest BCUT2D eigenvalue weighted by molar-refractivity contribution is -0.142. The van der Waals surface area contributed by atoms with Gasteiger partial charge in [0.15, 0.2) is 5.72 Å². The van der Waals surface area contributed by atoms with E-state index in [-0.39, 0.29) is 0 Å². The minimum Gasteiger partial charge on any atom is -0.446 e. The molecule has 0 aliphatic heterocycles. The second kappa shape index (κ2) is 4.03. The molecule has 0 radical (unpaired) electrons. The van der Waals surface area contributed by atoms with Crippen molar-refractivity contribution in [3.63, 3.8) is 0 Å². The standard InChI is InChI=1S/C12H15NO2/c13-12(15-9-14)7-6-11(8-12)10-4-2-1-3-5-10/h1-5,9,11H,6-8,13H2. The zero-order valence-corrected chi connectivity index (χ0v) is 8.56. The van der Waals surface area contributed by atoms with Crippen LogP contribution in [0.2, 0.25) is 0 Å². The minimum absolute atomic E-state index is 0.413. The number of rotatable bonds is 3. The first-order valence-electron chi connectivity index (χ1n) is 5.19. The van der Waals surface area contributed by atoms with E-state index >= 15 is 0 Å². The second-order valence-electron chi connectivity index (χ2n) is 4.13. The van der Waals surface area contributed by atoms with Crippen LogP contribution in [0.25, 0.3) is 0 Å². The Bertz CT molecular complexity index is 339. The molecule has 1 aromatic rings. The van der Waals surface area contributed by atoms with Gasteiger partial charge in [0.2, 0.25) is 0 Å². The summed E-state index contributed by atoms with van der Waals surface area (Å²) in [4.78, 5) is 10.3. The van der Waals surface area contributed by atoms with Crippen LogP contribution < -0.4 is 5.73 Å². The Hall–Kier alpha value is -1.35. The van der Waals surface area contributed by atoms with Crippen molar-refractivity contribution < 1.29 is 9.53 Å². The molecule has 1 aromatic carbocycles. The quantitative estimate of drug-likeness (QED) is 0.604. The molecule has 0 spiro atoms. The predicted molar refractivity (Wildman–Crippen MR) is 57.1 cm³/mol. The SMILES string of the molecule is NC1(OC=O)CCC(c2ccccc2)C1. The van der Waals surface area contributed by atoms with E-state index in [1.54, 1.807) is 0 Å². The van der Waals surface area contributed by atoms with Gasteiger partial charge in [-0.1, -0.05) is 30.3 Å². The zero-order valence-electron chi connectivity index (χ0n) is 8.56. The molecule has 1 saturated carbocycles. The third-order valence-electron chi connectivity index (χ3n) is 3.06. The van der Waals surface area contributed by atoms with Gasteiger partial charge in [0.1, 0.15) is 0 Å². The highest BCUT2D eigenvalue weighted by molar-refractivity contribution is 5.38. The van der Waals surface area contributed by atoms with Crippen LogP contribution in [-0.2, 0) is 9.53 Å². The summed E-state index contributed by atoms with van der Waals surface area (Å²) in [5, 5.41) is 0. The van der Waals surface area contributed by atoms with Gasteiger partial charge in [0.05, 0.1) is 0 Å². The molecule has 2 atom stereocenters. The highest BCUT2D eigenvalue weighted by Gasteiger charge is 2.37. The number of hydrogen-bond acceptors (Lipinski definition) is 3. The van der Waals surface area contributed by atoms with Crippen molar-refractivity contribution in [2.75, 3.05) is 0 Å². The molecule has 1 aliphatic carbocycles. The summed E-state index contributed by atoms with van der Waals surface area (Å²) >= 11 is 0. The summed E-state index contributed by atoms with van der Waals surface area (Å²) in [7, 11) is 0. The molecule has 2 unspecified atom stereocenters. The normalized spacial score (nSPS) is 30.1. The number of benzene rings is 1. The Kier molecular flexibility index (Phi) is 2.73. The maximum atomic E-state index is 10.3. The van der Waals surface area contributed by atoms with E-state index in [2.05, 4.69) is 12.1 Å². The summed E-state index contributed by atoms with van der Waals surface area (Å²) in [5.74, 6) is 0.413. The largest absolute Gasteiger partial charge is 0.446 e. The van der Waals surface area contributed by atoms with E-state index in [4.69, 9.17) is 10.5 Å². The van der Waals surface area contributed by atoms with Gasteiger partial charge in [0.25, 0.3) is 6.47 Å². The van der Waals surface area contributed by atoms with Gasteiger partial charge in [-0.3, -0.25) is 10.5 Å². The summed E-state index contributed by atoms with van der Waals surface area (Å²) < 4.78 is 4.94.